The number of sulfonamides is 1. The van der Waals surface area contributed by atoms with E-state index in [4.69, 9.17) is 11.6 Å². The highest BCUT2D eigenvalue weighted by atomic mass is 35.5. The molecule has 0 spiro atoms. The molecule has 0 saturated carbocycles. The van der Waals surface area contributed by atoms with Gasteiger partial charge in [0.25, 0.3) is 21.6 Å². The van der Waals surface area contributed by atoms with Crippen molar-refractivity contribution in [1.29, 1.82) is 0 Å². The minimum atomic E-state index is -4.43. The van der Waals surface area contributed by atoms with Crippen molar-refractivity contribution < 1.29 is 18.1 Å². The molecular weight excluding hydrogens is 780 g/mol. The zero-order chi connectivity index (χ0) is 40.5. The lowest BCUT2D eigenvalue weighted by Crippen LogP contribution is -2.43. The summed E-state index contributed by atoms with van der Waals surface area (Å²) in [6.45, 7) is 2.37. The molecule has 1 atom stereocenters. The van der Waals surface area contributed by atoms with Gasteiger partial charge in [-0.2, -0.15) is 0 Å². The van der Waals surface area contributed by atoms with Crippen molar-refractivity contribution in [1.82, 2.24) is 9.62 Å². The van der Waals surface area contributed by atoms with Crippen molar-refractivity contribution in [3.05, 3.63) is 142 Å². The maximum absolute atomic E-state index is 13.4. The molecule has 1 heterocycles. The lowest BCUT2D eigenvalue weighted by atomic mass is 9.98. The number of amides is 1. The number of nitro groups is 1. The molecule has 5 aromatic carbocycles. The second-order valence-electron chi connectivity index (χ2n) is 14.3. The van der Waals surface area contributed by atoms with E-state index < -0.39 is 26.5 Å². The molecule has 57 heavy (non-hydrogen) atoms. The second-order valence-corrected chi connectivity index (χ2v) is 17.5. The van der Waals surface area contributed by atoms with Gasteiger partial charge in [0.05, 0.1) is 9.82 Å². The van der Waals surface area contributed by atoms with E-state index in [1.807, 2.05) is 91.8 Å². The lowest BCUT2D eigenvalue weighted by Gasteiger charge is -2.39. The largest absolute Gasteiger partial charge is 0.376 e. The molecule has 14 heteroatoms. The maximum Gasteiger partial charge on any atom is 0.293 e. The number of nitrogens with zero attached hydrogens (tertiary/aromatic N) is 4. The fourth-order valence-corrected chi connectivity index (χ4v) is 9.04. The Kier molecular flexibility index (Phi) is 13.8. The Morgan fingerprint density at radius 3 is 2.25 bits per heavy atom. The number of para-hydroxylation sites is 1. The minimum absolute atomic E-state index is 0.141. The van der Waals surface area contributed by atoms with Gasteiger partial charge >= 0.3 is 0 Å². The van der Waals surface area contributed by atoms with Crippen molar-refractivity contribution in [2.75, 3.05) is 61.6 Å². The van der Waals surface area contributed by atoms with E-state index in [1.54, 1.807) is 23.9 Å². The van der Waals surface area contributed by atoms with Gasteiger partial charge in [0, 0.05) is 76.5 Å². The number of benzene rings is 5. The average molecular weight is 827 g/mol. The normalized spacial score (nSPS) is 13.9. The van der Waals surface area contributed by atoms with Crippen LogP contribution in [0.3, 0.4) is 0 Å². The Morgan fingerprint density at radius 1 is 0.912 bits per heavy atom. The number of hydrogen-bond acceptors (Lipinski definition) is 10. The number of nitro benzene ring substituents is 1. The fraction of sp³-hybridized carbons (Fsp3) is 0.279. The van der Waals surface area contributed by atoms with Gasteiger partial charge in [-0.1, -0.05) is 60.1 Å². The van der Waals surface area contributed by atoms with Gasteiger partial charge in [-0.05, 0) is 112 Å². The number of anilines is 3. The van der Waals surface area contributed by atoms with Crippen molar-refractivity contribution in [2.45, 2.75) is 41.1 Å². The van der Waals surface area contributed by atoms with E-state index in [2.05, 4.69) is 45.1 Å². The number of piperidine rings is 1. The van der Waals surface area contributed by atoms with Crippen LogP contribution in [0.1, 0.15) is 29.6 Å². The third-order valence-electron chi connectivity index (χ3n) is 10.1. The van der Waals surface area contributed by atoms with E-state index in [0.717, 1.165) is 65.9 Å². The minimum Gasteiger partial charge on any atom is -0.376 e. The molecular formula is C43H47ClN6O5S2. The van der Waals surface area contributed by atoms with Gasteiger partial charge in [-0.15, -0.1) is 11.8 Å². The van der Waals surface area contributed by atoms with Gasteiger partial charge in [0.2, 0.25) is 0 Å². The topological polar surface area (TPSA) is 128 Å². The molecule has 1 saturated heterocycles. The van der Waals surface area contributed by atoms with Crippen LogP contribution in [0.25, 0.3) is 11.1 Å². The Hall–Kier alpha value is -5.08. The summed E-state index contributed by atoms with van der Waals surface area (Å²) in [5, 5.41) is 16.2. The van der Waals surface area contributed by atoms with E-state index in [0.29, 0.717) is 23.2 Å². The summed E-state index contributed by atoms with van der Waals surface area (Å²) in [6, 6.07) is 36.8. The summed E-state index contributed by atoms with van der Waals surface area (Å²) in [6.07, 6.45) is 2.56. The van der Waals surface area contributed by atoms with Gasteiger partial charge in [0.1, 0.15) is 5.69 Å². The van der Waals surface area contributed by atoms with Gasteiger partial charge in [0.15, 0.2) is 0 Å². The van der Waals surface area contributed by atoms with Crippen LogP contribution < -0.4 is 19.8 Å². The molecule has 11 nitrogen and oxygen atoms in total. The highest BCUT2D eigenvalue weighted by molar-refractivity contribution is 7.99. The van der Waals surface area contributed by atoms with Crippen LogP contribution in [-0.2, 0) is 10.0 Å². The second kappa shape index (κ2) is 18.9. The quantitative estimate of drug-likeness (QED) is 0.0567. The molecule has 1 aliphatic heterocycles. The Labute approximate surface area is 344 Å². The van der Waals surface area contributed by atoms with Gasteiger partial charge in [-0.25, -0.2) is 13.1 Å². The van der Waals surface area contributed by atoms with Crippen molar-refractivity contribution in [3.63, 3.8) is 0 Å². The van der Waals surface area contributed by atoms with Crippen LogP contribution in [0.2, 0.25) is 5.02 Å². The predicted octanol–water partition coefficient (Wildman–Crippen LogP) is 8.66. The molecule has 1 aliphatic rings. The van der Waals surface area contributed by atoms with Crippen LogP contribution in [0.15, 0.2) is 131 Å². The molecule has 0 aliphatic carbocycles. The van der Waals surface area contributed by atoms with E-state index >= 15 is 0 Å². The number of carbonyl (C=O) groups excluding carboxylic acids is 1. The first-order valence-electron chi connectivity index (χ1n) is 18.8. The van der Waals surface area contributed by atoms with E-state index in [1.165, 1.54) is 12.1 Å². The summed E-state index contributed by atoms with van der Waals surface area (Å²) in [4.78, 5) is 32.1. The Bertz CT molecular complexity index is 2250. The van der Waals surface area contributed by atoms with Crippen molar-refractivity contribution >= 4 is 62.0 Å². The standard InChI is InChI=1S/C43H47ClN6O5S2/c1-47(2)26-23-34(30-56-37-9-5-4-6-10-37)45-40-22-21-38(29-42(40)50(52)53)57(54,55)46-43(51)32-15-19-36(20-16-32)49-27-24-35(25-28-49)48(3)41-12-8-7-11-39(41)31-13-17-33(44)18-14-31/h4-22,29,34-35,45H,23-28,30H2,1-3H3,(H,46,51)/t34-/m0/s1. The highest BCUT2D eigenvalue weighted by Gasteiger charge is 2.27. The number of hydrogen-bond donors (Lipinski definition) is 2. The summed E-state index contributed by atoms with van der Waals surface area (Å²) in [5.74, 6) is -0.187. The van der Waals surface area contributed by atoms with E-state index in [9.17, 15) is 23.3 Å². The molecule has 0 bridgehead atoms. The third kappa shape index (κ3) is 10.9. The van der Waals surface area contributed by atoms with Gasteiger partial charge < -0.3 is 20.0 Å². The Balaban J connectivity index is 1.07. The zero-order valence-corrected chi connectivity index (χ0v) is 34.6. The maximum atomic E-state index is 13.4. The third-order valence-corrected chi connectivity index (χ3v) is 12.9. The molecule has 1 amide bonds. The van der Waals surface area contributed by atoms with Crippen LogP contribution in [0, 0.1) is 10.1 Å². The van der Waals surface area contributed by atoms with Crippen LogP contribution in [0.5, 0.6) is 0 Å². The summed E-state index contributed by atoms with van der Waals surface area (Å²) < 4.78 is 28.8. The molecule has 5 aromatic rings. The highest BCUT2D eigenvalue weighted by Crippen LogP contribution is 2.35. The number of nitrogens with one attached hydrogen (secondary N) is 2. The zero-order valence-electron chi connectivity index (χ0n) is 32.2. The van der Waals surface area contributed by atoms with E-state index in [-0.39, 0.29) is 22.2 Å². The molecule has 0 unspecified atom stereocenters. The molecule has 6 rings (SSSR count). The number of carbonyl (C=O) groups is 1. The first-order valence-corrected chi connectivity index (χ1v) is 21.6. The van der Waals surface area contributed by atoms with Crippen molar-refractivity contribution in [3.8, 4) is 11.1 Å². The summed E-state index contributed by atoms with van der Waals surface area (Å²) in [5.41, 5.74) is 4.31. The molecule has 298 valence electrons. The number of rotatable bonds is 16. The molecule has 2 N–H and O–H groups in total. The molecule has 0 radical (unpaired) electrons. The van der Waals surface area contributed by atoms with Gasteiger partial charge in [-0.3, -0.25) is 14.9 Å². The van der Waals surface area contributed by atoms with Crippen molar-refractivity contribution in [2.24, 2.45) is 0 Å². The first kappa shape index (κ1) is 41.6. The van der Waals surface area contributed by atoms with Crippen LogP contribution in [-0.4, -0.2) is 82.8 Å². The number of thioether (sulfide) groups is 1. The monoisotopic (exact) mass is 826 g/mol. The average Bonchev–Trinajstić information content (AvgIpc) is 3.22. The smallest absolute Gasteiger partial charge is 0.293 e. The van der Waals surface area contributed by atoms with Crippen LogP contribution >= 0.6 is 23.4 Å². The summed E-state index contributed by atoms with van der Waals surface area (Å²) in [7, 11) is 1.62. The molecule has 0 aromatic heterocycles. The Morgan fingerprint density at radius 2 is 1.58 bits per heavy atom. The lowest BCUT2D eigenvalue weighted by molar-refractivity contribution is -0.384. The number of halogens is 1. The first-order chi connectivity index (χ1) is 27.4. The predicted molar refractivity (Wildman–Crippen MR) is 232 cm³/mol. The molecule has 1 fully saturated rings. The van der Waals surface area contributed by atoms with Crippen LogP contribution in [0.4, 0.5) is 22.7 Å². The SMILES string of the molecule is CN(C)CC[C@@H](CSc1ccccc1)Nc1ccc(S(=O)(=O)NC(=O)c2ccc(N3CCC(N(C)c4ccccc4-c4ccc(Cl)cc4)CC3)cc2)cc1[N+](=O)[O-]. The summed E-state index contributed by atoms with van der Waals surface area (Å²) >= 11 is 7.77. The fourth-order valence-electron chi connectivity index (χ4n) is 6.92.